The third-order valence-electron chi connectivity index (χ3n) is 2.80. The van der Waals surface area contributed by atoms with Crippen LogP contribution in [0.2, 0.25) is 0 Å². The Balaban J connectivity index is 1.84. The molecule has 0 unspecified atom stereocenters. The highest BCUT2D eigenvalue weighted by Gasteiger charge is 2.11. The summed E-state index contributed by atoms with van der Waals surface area (Å²) >= 11 is 0. The average molecular weight is 220 g/mol. The second-order valence-corrected chi connectivity index (χ2v) is 3.83. The predicted octanol–water partition coefficient (Wildman–Crippen LogP) is 0.281. The summed E-state index contributed by atoms with van der Waals surface area (Å²) in [7, 11) is 0. The van der Waals surface area contributed by atoms with Crippen LogP contribution in [0.25, 0.3) is 0 Å². The molecule has 1 saturated heterocycles. The lowest BCUT2D eigenvalue weighted by atomic mass is 10.3. The number of aromatic nitrogens is 2. The second kappa shape index (κ2) is 5.64. The van der Waals surface area contributed by atoms with Crippen molar-refractivity contribution >= 4 is 0 Å². The summed E-state index contributed by atoms with van der Waals surface area (Å²) < 4.78 is 7.20. The summed E-state index contributed by atoms with van der Waals surface area (Å²) in [5.41, 5.74) is 0. The van der Waals surface area contributed by atoms with Crippen molar-refractivity contribution in [2.45, 2.75) is 13.0 Å². The molecule has 0 spiro atoms. The fourth-order valence-corrected chi connectivity index (χ4v) is 1.87. The van der Waals surface area contributed by atoms with Crippen molar-refractivity contribution in [3.8, 4) is 6.07 Å². The molecule has 1 aromatic rings. The highest BCUT2D eigenvalue weighted by molar-refractivity contribution is 4.96. The molecule has 16 heavy (non-hydrogen) atoms. The summed E-state index contributed by atoms with van der Waals surface area (Å²) in [6.45, 7) is 5.03. The number of rotatable bonds is 4. The van der Waals surface area contributed by atoms with Gasteiger partial charge in [0.1, 0.15) is 12.4 Å². The van der Waals surface area contributed by atoms with Gasteiger partial charge >= 0.3 is 0 Å². The van der Waals surface area contributed by atoms with E-state index in [1.165, 1.54) is 0 Å². The fraction of sp³-hybridized carbons (Fsp3) is 0.636. The quantitative estimate of drug-likeness (QED) is 0.731. The van der Waals surface area contributed by atoms with Gasteiger partial charge in [0.25, 0.3) is 0 Å². The van der Waals surface area contributed by atoms with Gasteiger partial charge in [0, 0.05) is 38.4 Å². The predicted molar refractivity (Wildman–Crippen MR) is 58.8 cm³/mol. The van der Waals surface area contributed by atoms with Gasteiger partial charge in [-0.15, -0.1) is 0 Å². The van der Waals surface area contributed by atoms with Gasteiger partial charge in [-0.1, -0.05) is 0 Å². The number of hydrogen-bond donors (Lipinski definition) is 0. The van der Waals surface area contributed by atoms with Crippen molar-refractivity contribution in [1.82, 2.24) is 14.5 Å². The van der Waals surface area contributed by atoms with Crippen LogP contribution >= 0.6 is 0 Å². The van der Waals surface area contributed by atoms with Gasteiger partial charge in [-0.25, -0.2) is 4.98 Å². The van der Waals surface area contributed by atoms with Gasteiger partial charge in [-0.3, -0.25) is 4.90 Å². The average Bonchev–Trinajstić information content (AvgIpc) is 2.76. The molecule has 2 rings (SSSR count). The van der Waals surface area contributed by atoms with Gasteiger partial charge in [0.05, 0.1) is 19.3 Å². The van der Waals surface area contributed by atoms with Crippen molar-refractivity contribution in [1.29, 1.82) is 5.26 Å². The van der Waals surface area contributed by atoms with Crippen molar-refractivity contribution in [2.75, 3.05) is 32.8 Å². The number of morpholine rings is 1. The molecule has 0 atom stereocenters. The zero-order chi connectivity index (χ0) is 11.2. The molecule has 0 radical (unpaired) electrons. The molecule has 1 aliphatic heterocycles. The second-order valence-electron chi connectivity index (χ2n) is 3.83. The molecule has 86 valence electrons. The molecular weight excluding hydrogens is 204 g/mol. The minimum atomic E-state index is 0.387. The maximum atomic E-state index is 8.65. The molecule has 2 heterocycles. The molecule has 0 N–H and O–H groups in total. The molecule has 5 heteroatoms. The van der Waals surface area contributed by atoms with Crippen LogP contribution in [-0.4, -0.2) is 47.3 Å². The van der Waals surface area contributed by atoms with Crippen LogP contribution in [0.5, 0.6) is 0 Å². The summed E-state index contributed by atoms with van der Waals surface area (Å²) in [6, 6.07) is 2.14. The first kappa shape index (κ1) is 11.1. The number of ether oxygens (including phenoxy) is 1. The van der Waals surface area contributed by atoms with E-state index in [1.807, 2.05) is 10.8 Å². The molecule has 1 aromatic heterocycles. The number of nitrogens with zero attached hydrogens (tertiary/aromatic N) is 4. The standard InChI is InChI=1S/C11H16N4O/c12-2-5-15-6-3-13-11(15)1-4-14-7-9-16-10-8-14/h3,6H,1,4-5,7-10H2. The van der Waals surface area contributed by atoms with E-state index < -0.39 is 0 Å². The Morgan fingerprint density at radius 1 is 1.44 bits per heavy atom. The van der Waals surface area contributed by atoms with Crippen LogP contribution in [0.3, 0.4) is 0 Å². The largest absolute Gasteiger partial charge is 0.379 e. The number of nitriles is 1. The van der Waals surface area contributed by atoms with Crippen LogP contribution in [-0.2, 0) is 17.7 Å². The summed E-state index contributed by atoms with van der Waals surface area (Å²) in [4.78, 5) is 6.64. The Bertz CT molecular complexity index is 362. The van der Waals surface area contributed by atoms with E-state index in [0.717, 1.165) is 45.1 Å². The maximum absolute atomic E-state index is 8.65. The number of imidazole rings is 1. The smallest absolute Gasteiger partial charge is 0.111 e. The van der Waals surface area contributed by atoms with Gasteiger partial charge in [-0.05, 0) is 0 Å². The molecule has 0 bridgehead atoms. The molecule has 0 aromatic carbocycles. The lowest BCUT2D eigenvalue weighted by Crippen LogP contribution is -2.37. The van der Waals surface area contributed by atoms with Gasteiger partial charge in [-0.2, -0.15) is 5.26 Å². The third-order valence-corrected chi connectivity index (χ3v) is 2.80. The Hall–Kier alpha value is -1.38. The lowest BCUT2D eigenvalue weighted by molar-refractivity contribution is 0.0381. The minimum absolute atomic E-state index is 0.387. The molecule has 1 fully saturated rings. The normalized spacial score (nSPS) is 17.2. The van der Waals surface area contributed by atoms with E-state index >= 15 is 0 Å². The monoisotopic (exact) mass is 220 g/mol. The van der Waals surface area contributed by atoms with Crippen LogP contribution in [0.4, 0.5) is 0 Å². The van der Waals surface area contributed by atoms with E-state index in [4.69, 9.17) is 10.00 Å². The first-order valence-electron chi connectivity index (χ1n) is 5.57. The van der Waals surface area contributed by atoms with Gasteiger partial charge in [0.15, 0.2) is 0 Å². The van der Waals surface area contributed by atoms with E-state index in [1.54, 1.807) is 6.20 Å². The summed E-state index contributed by atoms with van der Waals surface area (Å²) in [5, 5.41) is 8.65. The summed E-state index contributed by atoms with van der Waals surface area (Å²) in [5.74, 6) is 0.994. The van der Waals surface area contributed by atoms with Crippen molar-refractivity contribution in [2.24, 2.45) is 0 Å². The zero-order valence-electron chi connectivity index (χ0n) is 9.30. The van der Waals surface area contributed by atoms with E-state index in [9.17, 15) is 0 Å². The SMILES string of the molecule is N#CCn1ccnc1CCN1CCOCC1. The van der Waals surface area contributed by atoms with Gasteiger partial charge < -0.3 is 9.30 Å². The zero-order valence-corrected chi connectivity index (χ0v) is 9.30. The van der Waals surface area contributed by atoms with E-state index in [2.05, 4.69) is 16.0 Å². The third kappa shape index (κ3) is 2.81. The molecule has 1 aliphatic rings. The van der Waals surface area contributed by atoms with Gasteiger partial charge in [0.2, 0.25) is 0 Å². The molecule has 0 saturated carbocycles. The molecule has 0 aliphatic carbocycles. The van der Waals surface area contributed by atoms with Crippen molar-refractivity contribution < 1.29 is 4.74 Å². The Kier molecular flexibility index (Phi) is 3.91. The maximum Gasteiger partial charge on any atom is 0.111 e. The first-order valence-corrected chi connectivity index (χ1v) is 5.57. The van der Waals surface area contributed by atoms with E-state index in [-0.39, 0.29) is 0 Å². The molecule has 0 amide bonds. The Morgan fingerprint density at radius 2 is 2.25 bits per heavy atom. The van der Waals surface area contributed by atoms with Crippen LogP contribution in [0.15, 0.2) is 12.4 Å². The topological polar surface area (TPSA) is 54.1 Å². The Morgan fingerprint density at radius 3 is 3.00 bits per heavy atom. The summed E-state index contributed by atoms with van der Waals surface area (Å²) in [6.07, 6.45) is 4.51. The van der Waals surface area contributed by atoms with Crippen LogP contribution in [0, 0.1) is 11.3 Å². The van der Waals surface area contributed by atoms with Crippen molar-refractivity contribution in [3.63, 3.8) is 0 Å². The number of hydrogen-bond acceptors (Lipinski definition) is 4. The Labute approximate surface area is 95.2 Å². The van der Waals surface area contributed by atoms with Crippen LogP contribution in [0.1, 0.15) is 5.82 Å². The van der Waals surface area contributed by atoms with Crippen molar-refractivity contribution in [3.05, 3.63) is 18.2 Å². The first-order chi connectivity index (χ1) is 7.90. The minimum Gasteiger partial charge on any atom is -0.379 e. The van der Waals surface area contributed by atoms with E-state index in [0.29, 0.717) is 6.54 Å². The fourth-order valence-electron chi connectivity index (χ4n) is 1.87. The molecular formula is C11H16N4O. The highest BCUT2D eigenvalue weighted by Crippen LogP contribution is 2.02. The highest BCUT2D eigenvalue weighted by atomic mass is 16.5. The lowest BCUT2D eigenvalue weighted by Gasteiger charge is -2.26. The molecule has 5 nitrogen and oxygen atoms in total. The van der Waals surface area contributed by atoms with Crippen LogP contribution < -0.4 is 0 Å².